The van der Waals surface area contributed by atoms with Crippen molar-refractivity contribution < 1.29 is 24.4 Å². The monoisotopic (exact) mass is 492 g/mol. The number of amides is 3. The fourth-order valence-electron chi connectivity index (χ4n) is 3.77. The van der Waals surface area contributed by atoms with Crippen LogP contribution in [0.4, 0.5) is 10.5 Å². The Morgan fingerprint density at radius 1 is 1.09 bits per heavy atom. The van der Waals surface area contributed by atoms with Crippen LogP contribution in [0.2, 0.25) is 0 Å². The first-order valence-corrected chi connectivity index (χ1v) is 11.2. The molecule has 2 N–H and O–H groups in total. The highest BCUT2D eigenvalue weighted by atomic mass is 32.2. The first kappa shape index (κ1) is 23.8. The van der Waals surface area contributed by atoms with E-state index in [2.05, 4.69) is 5.32 Å². The summed E-state index contributed by atoms with van der Waals surface area (Å²) in [6.07, 6.45) is 1.54. The van der Waals surface area contributed by atoms with Crippen molar-refractivity contribution in [3.05, 3.63) is 87.4 Å². The zero-order chi connectivity index (χ0) is 25.3. The summed E-state index contributed by atoms with van der Waals surface area (Å²) in [7, 11) is 0. The van der Waals surface area contributed by atoms with E-state index in [0.29, 0.717) is 10.5 Å². The van der Waals surface area contributed by atoms with Crippen LogP contribution >= 0.6 is 11.8 Å². The molecule has 35 heavy (non-hydrogen) atoms. The number of nitrogens with zero attached hydrogens (tertiary/aromatic N) is 3. The van der Waals surface area contributed by atoms with E-state index in [9.17, 15) is 24.5 Å². The zero-order valence-electron chi connectivity index (χ0n) is 18.7. The average molecular weight is 493 g/mol. The number of benzene rings is 2. The van der Waals surface area contributed by atoms with Crippen LogP contribution in [-0.4, -0.2) is 43.9 Å². The molecular formula is C24H20N4O6S. The van der Waals surface area contributed by atoms with Crippen LogP contribution in [0.25, 0.3) is 11.8 Å². The molecule has 0 spiro atoms. The summed E-state index contributed by atoms with van der Waals surface area (Å²) < 4.78 is 2.00. The normalized spacial score (nSPS) is 14.5. The van der Waals surface area contributed by atoms with E-state index in [1.54, 1.807) is 18.2 Å². The fourth-order valence-corrected chi connectivity index (χ4v) is 4.59. The van der Waals surface area contributed by atoms with E-state index >= 15 is 0 Å². The molecule has 0 saturated carbocycles. The van der Waals surface area contributed by atoms with Gasteiger partial charge in [-0.2, -0.15) is 0 Å². The maximum atomic E-state index is 12.4. The largest absolute Gasteiger partial charge is 0.480 e. The molecule has 10 nitrogen and oxygen atoms in total. The van der Waals surface area contributed by atoms with E-state index < -0.39 is 29.4 Å². The number of non-ortho nitro benzene ring substituents is 1. The van der Waals surface area contributed by atoms with Gasteiger partial charge in [0.25, 0.3) is 11.6 Å². The van der Waals surface area contributed by atoms with E-state index in [4.69, 9.17) is 5.11 Å². The number of carbonyl (C=O) groups excluding carboxylic acids is 2. The standard InChI is InChI=1S/C24H20N4O6S/c1-14-11-16(12-21-23(31)26(13-22(29)30)24(32)25-21)15(2)27(14)17-3-7-19(8-4-17)35-20-9-5-18(6-10-20)28(33)34/h3-12H,13H2,1-2H3,(H,25,32)(H,29,30)/b21-12+. The molecule has 1 aliphatic heterocycles. The van der Waals surface area contributed by atoms with E-state index in [1.165, 1.54) is 23.9 Å². The molecule has 0 aliphatic carbocycles. The number of hydrogen-bond donors (Lipinski definition) is 2. The van der Waals surface area contributed by atoms with Gasteiger partial charge in [-0.25, -0.2) is 9.69 Å². The lowest BCUT2D eigenvalue weighted by molar-refractivity contribution is -0.384. The molecule has 4 rings (SSSR count). The molecule has 1 saturated heterocycles. The van der Waals surface area contributed by atoms with Gasteiger partial charge in [-0.1, -0.05) is 11.8 Å². The molecule has 178 valence electrons. The molecule has 0 radical (unpaired) electrons. The lowest BCUT2D eigenvalue weighted by atomic mass is 10.2. The Morgan fingerprint density at radius 2 is 1.69 bits per heavy atom. The number of hydrogen-bond acceptors (Lipinski definition) is 6. The van der Waals surface area contributed by atoms with E-state index in [1.807, 2.05) is 48.7 Å². The Labute approximate surface area is 204 Å². The maximum absolute atomic E-state index is 12.4. The summed E-state index contributed by atoms with van der Waals surface area (Å²) in [4.78, 5) is 48.2. The van der Waals surface area contributed by atoms with Gasteiger partial charge in [0.05, 0.1) is 4.92 Å². The fraction of sp³-hybridized carbons (Fsp3) is 0.125. The molecular weight excluding hydrogens is 472 g/mol. The van der Waals surface area contributed by atoms with Crippen LogP contribution in [0.1, 0.15) is 17.0 Å². The van der Waals surface area contributed by atoms with Crippen LogP contribution < -0.4 is 5.32 Å². The van der Waals surface area contributed by atoms with E-state index in [-0.39, 0.29) is 11.4 Å². The first-order valence-electron chi connectivity index (χ1n) is 10.4. The number of aryl methyl sites for hydroxylation is 1. The number of urea groups is 1. The van der Waals surface area contributed by atoms with Gasteiger partial charge in [-0.15, -0.1) is 0 Å². The van der Waals surface area contributed by atoms with Gasteiger partial charge in [0.2, 0.25) is 0 Å². The molecule has 0 unspecified atom stereocenters. The number of aliphatic carboxylic acids is 1. The van der Waals surface area contributed by atoms with Crippen LogP contribution in [0.3, 0.4) is 0 Å². The highest BCUT2D eigenvalue weighted by Gasteiger charge is 2.35. The third-order valence-electron chi connectivity index (χ3n) is 5.40. The molecule has 1 aliphatic rings. The third kappa shape index (κ3) is 4.94. The number of carbonyl (C=O) groups is 3. The predicted octanol–water partition coefficient (Wildman–Crippen LogP) is 4.13. The minimum Gasteiger partial charge on any atom is -0.480 e. The Kier molecular flexibility index (Phi) is 6.43. The smallest absolute Gasteiger partial charge is 0.329 e. The predicted molar refractivity (Wildman–Crippen MR) is 128 cm³/mol. The van der Waals surface area contributed by atoms with Crippen molar-refractivity contribution in [2.24, 2.45) is 0 Å². The van der Waals surface area contributed by atoms with Gasteiger partial charge in [-0.05, 0) is 68.0 Å². The molecule has 3 aromatic rings. The van der Waals surface area contributed by atoms with Crippen molar-refractivity contribution in [2.75, 3.05) is 6.54 Å². The topological polar surface area (TPSA) is 135 Å². The van der Waals surface area contributed by atoms with Crippen LogP contribution in [0.5, 0.6) is 0 Å². The second-order valence-corrected chi connectivity index (χ2v) is 8.93. The molecule has 1 aromatic heterocycles. The molecule has 2 heterocycles. The lowest BCUT2D eigenvalue weighted by Gasteiger charge is -2.11. The molecule has 11 heteroatoms. The number of nitrogens with one attached hydrogen (secondary N) is 1. The lowest BCUT2D eigenvalue weighted by Crippen LogP contribution is -2.35. The van der Waals surface area contributed by atoms with Gasteiger partial charge < -0.3 is 15.0 Å². The third-order valence-corrected chi connectivity index (χ3v) is 6.42. The van der Waals surface area contributed by atoms with Crippen LogP contribution in [0, 0.1) is 24.0 Å². The van der Waals surface area contributed by atoms with Crippen LogP contribution in [0.15, 0.2) is 70.1 Å². The van der Waals surface area contributed by atoms with Gasteiger partial charge in [0.15, 0.2) is 0 Å². The van der Waals surface area contributed by atoms with Crippen molar-refractivity contribution in [3.63, 3.8) is 0 Å². The second kappa shape index (κ2) is 9.47. The highest BCUT2D eigenvalue weighted by molar-refractivity contribution is 7.99. The van der Waals surface area contributed by atoms with Gasteiger partial charge in [-0.3, -0.25) is 19.7 Å². The average Bonchev–Trinajstić information content (AvgIpc) is 3.23. The number of rotatable bonds is 7. The Hall–Kier alpha value is -4.38. The van der Waals surface area contributed by atoms with Gasteiger partial charge in [0, 0.05) is 39.0 Å². The van der Waals surface area contributed by atoms with E-state index in [0.717, 1.165) is 26.9 Å². The summed E-state index contributed by atoms with van der Waals surface area (Å²) in [5, 5.41) is 22.1. The zero-order valence-corrected chi connectivity index (χ0v) is 19.5. The minimum atomic E-state index is -1.27. The number of carboxylic acids is 1. The van der Waals surface area contributed by atoms with Crippen molar-refractivity contribution in [2.45, 2.75) is 23.6 Å². The number of aromatic nitrogens is 1. The molecule has 0 atom stereocenters. The molecule has 3 amide bonds. The SMILES string of the molecule is Cc1cc(/C=C2/NC(=O)N(CC(=O)O)C2=O)c(C)n1-c1ccc(Sc2ccc([N+](=O)[O-])cc2)cc1. The highest BCUT2D eigenvalue weighted by Crippen LogP contribution is 2.31. The summed E-state index contributed by atoms with van der Waals surface area (Å²) in [6, 6.07) is 15.2. The molecule has 2 aromatic carbocycles. The number of imide groups is 1. The summed E-state index contributed by atoms with van der Waals surface area (Å²) in [6.45, 7) is 3.10. The second-order valence-electron chi connectivity index (χ2n) is 7.78. The maximum Gasteiger partial charge on any atom is 0.329 e. The quantitative estimate of drug-likeness (QED) is 0.219. The van der Waals surface area contributed by atoms with Crippen LogP contribution in [-0.2, 0) is 9.59 Å². The van der Waals surface area contributed by atoms with Gasteiger partial charge >= 0.3 is 12.0 Å². The van der Waals surface area contributed by atoms with Gasteiger partial charge in [0.1, 0.15) is 12.2 Å². The number of carboxylic acid groups (broad SMARTS) is 1. The Morgan fingerprint density at radius 3 is 2.26 bits per heavy atom. The summed E-state index contributed by atoms with van der Waals surface area (Å²) in [5.74, 6) is -1.96. The Bertz CT molecular complexity index is 1380. The first-order chi connectivity index (χ1) is 16.6. The summed E-state index contributed by atoms with van der Waals surface area (Å²) >= 11 is 1.49. The summed E-state index contributed by atoms with van der Waals surface area (Å²) in [5.41, 5.74) is 3.42. The minimum absolute atomic E-state index is 0.0198. The number of nitro benzene ring substituents is 1. The molecule has 1 fully saturated rings. The Balaban J connectivity index is 1.55. The van der Waals surface area contributed by atoms with Crippen molar-refractivity contribution >= 4 is 41.4 Å². The molecule has 0 bridgehead atoms. The van der Waals surface area contributed by atoms with Crippen molar-refractivity contribution in [3.8, 4) is 5.69 Å². The number of nitro groups is 1. The van der Waals surface area contributed by atoms with Crippen molar-refractivity contribution in [1.29, 1.82) is 0 Å². The van der Waals surface area contributed by atoms with Crippen molar-refractivity contribution in [1.82, 2.24) is 14.8 Å².